The van der Waals surface area contributed by atoms with Gasteiger partial charge in [-0.3, -0.25) is 4.79 Å². The zero-order valence-electron chi connectivity index (χ0n) is 14.8. The lowest BCUT2D eigenvalue weighted by Crippen LogP contribution is -2.30. The molecule has 5 heteroatoms. The number of imidazole rings is 1. The molecule has 0 unspecified atom stereocenters. The summed E-state index contributed by atoms with van der Waals surface area (Å²) in [5.74, 6) is 1.89. The first-order valence-electron chi connectivity index (χ1n) is 9.32. The molecule has 2 heterocycles. The second kappa shape index (κ2) is 9.37. The van der Waals surface area contributed by atoms with E-state index in [1.54, 1.807) is 0 Å². The maximum atomic E-state index is 12.0. The first-order valence-corrected chi connectivity index (χ1v) is 9.32. The van der Waals surface area contributed by atoms with Crippen LogP contribution in [0.4, 0.5) is 0 Å². The van der Waals surface area contributed by atoms with Gasteiger partial charge in [0.2, 0.25) is 5.91 Å². The maximum absolute atomic E-state index is 12.0. The summed E-state index contributed by atoms with van der Waals surface area (Å²) >= 11 is 0. The third-order valence-electron chi connectivity index (χ3n) is 4.91. The van der Waals surface area contributed by atoms with Gasteiger partial charge in [0, 0.05) is 38.3 Å². The fraction of sp³-hybridized carbons (Fsp3) is 0.500. The third-order valence-corrected chi connectivity index (χ3v) is 4.91. The molecule has 1 fully saturated rings. The number of carbonyl (C=O) groups is 1. The molecular weight excluding hydrogens is 312 g/mol. The maximum Gasteiger partial charge on any atom is 0.220 e. The highest BCUT2D eigenvalue weighted by Gasteiger charge is 2.14. The predicted octanol–water partition coefficient (Wildman–Crippen LogP) is 2.37. The van der Waals surface area contributed by atoms with E-state index in [1.165, 1.54) is 18.4 Å². The molecule has 0 radical (unpaired) electrons. The minimum atomic E-state index is 0.166. The van der Waals surface area contributed by atoms with Crippen LogP contribution in [0.25, 0.3) is 0 Å². The van der Waals surface area contributed by atoms with Crippen molar-refractivity contribution >= 4 is 5.91 Å². The van der Waals surface area contributed by atoms with Crippen LogP contribution in [0.15, 0.2) is 42.7 Å². The van der Waals surface area contributed by atoms with E-state index in [-0.39, 0.29) is 5.91 Å². The first kappa shape index (κ1) is 17.7. The number of amides is 1. The van der Waals surface area contributed by atoms with Crippen molar-refractivity contribution in [2.45, 2.75) is 38.6 Å². The van der Waals surface area contributed by atoms with Crippen molar-refractivity contribution < 1.29 is 4.79 Å². The lowest BCUT2D eigenvalue weighted by atomic mass is 9.93. The number of carbonyl (C=O) groups excluding carboxylic acids is 1. The number of rotatable bonds is 8. The summed E-state index contributed by atoms with van der Waals surface area (Å²) in [7, 11) is 0. The van der Waals surface area contributed by atoms with E-state index in [1.807, 2.05) is 18.5 Å². The Labute approximate surface area is 149 Å². The van der Waals surface area contributed by atoms with Gasteiger partial charge in [-0.25, -0.2) is 4.98 Å². The second-order valence-electron chi connectivity index (χ2n) is 6.79. The summed E-state index contributed by atoms with van der Waals surface area (Å²) in [6.45, 7) is 3.66. The van der Waals surface area contributed by atoms with E-state index in [9.17, 15) is 4.79 Å². The zero-order valence-corrected chi connectivity index (χ0v) is 14.8. The predicted molar refractivity (Wildman–Crippen MR) is 99.3 cm³/mol. The van der Waals surface area contributed by atoms with E-state index in [2.05, 4.69) is 44.5 Å². The molecule has 0 atom stereocenters. The van der Waals surface area contributed by atoms with Crippen LogP contribution in [-0.4, -0.2) is 35.1 Å². The molecule has 3 rings (SSSR count). The molecule has 0 spiro atoms. The standard InChI is InChI=1S/C20H28N4O/c25-20(7-6-17-8-11-21-12-9-17)23-13-10-19-22-14-15-24(19)16-18-4-2-1-3-5-18/h1-5,14-15,17,21H,6-13,16H2,(H,23,25). The van der Waals surface area contributed by atoms with Gasteiger partial charge in [0.05, 0.1) is 0 Å². The fourth-order valence-electron chi connectivity index (χ4n) is 3.40. The molecule has 0 bridgehead atoms. The normalized spacial score (nSPS) is 15.2. The quantitative estimate of drug-likeness (QED) is 0.776. The third kappa shape index (κ3) is 5.71. The van der Waals surface area contributed by atoms with Crippen LogP contribution in [0.3, 0.4) is 0 Å². The molecule has 1 aliphatic rings. The topological polar surface area (TPSA) is 59.0 Å². The molecule has 5 nitrogen and oxygen atoms in total. The lowest BCUT2D eigenvalue weighted by molar-refractivity contribution is -0.121. The Morgan fingerprint density at radius 1 is 1.24 bits per heavy atom. The zero-order chi connectivity index (χ0) is 17.3. The molecule has 134 valence electrons. The van der Waals surface area contributed by atoms with Gasteiger partial charge in [0.1, 0.15) is 5.82 Å². The van der Waals surface area contributed by atoms with Crippen molar-refractivity contribution in [2.75, 3.05) is 19.6 Å². The van der Waals surface area contributed by atoms with Crippen LogP contribution in [0.1, 0.15) is 37.1 Å². The summed E-state index contributed by atoms with van der Waals surface area (Å²) < 4.78 is 2.15. The van der Waals surface area contributed by atoms with Crippen molar-refractivity contribution in [1.29, 1.82) is 0 Å². The molecule has 0 saturated carbocycles. The summed E-state index contributed by atoms with van der Waals surface area (Å²) in [6.07, 6.45) is 8.64. The van der Waals surface area contributed by atoms with Crippen molar-refractivity contribution in [2.24, 2.45) is 5.92 Å². The molecule has 1 saturated heterocycles. The molecule has 1 aromatic heterocycles. The lowest BCUT2D eigenvalue weighted by Gasteiger charge is -2.22. The SMILES string of the molecule is O=C(CCC1CCNCC1)NCCc1nccn1Cc1ccccc1. The molecule has 25 heavy (non-hydrogen) atoms. The van der Waals surface area contributed by atoms with E-state index in [0.29, 0.717) is 18.9 Å². The number of hydrogen-bond donors (Lipinski definition) is 2. The smallest absolute Gasteiger partial charge is 0.220 e. The Hall–Kier alpha value is -2.14. The van der Waals surface area contributed by atoms with Crippen molar-refractivity contribution in [3.8, 4) is 0 Å². The van der Waals surface area contributed by atoms with Crippen molar-refractivity contribution in [3.05, 3.63) is 54.1 Å². The number of piperidine rings is 1. The summed E-state index contributed by atoms with van der Waals surface area (Å²) in [5, 5.41) is 6.41. The number of nitrogens with one attached hydrogen (secondary N) is 2. The van der Waals surface area contributed by atoms with E-state index >= 15 is 0 Å². The van der Waals surface area contributed by atoms with Crippen LogP contribution in [0.5, 0.6) is 0 Å². The van der Waals surface area contributed by atoms with E-state index in [0.717, 1.165) is 38.3 Å². The van der Waals surface area contributed by atoms with Crippen LogP contribution >= 0.6 is 0 Å². The molecule has 0 aliphatic carbocycles. The molecule has 1 aromatic carbocycles. The summed E-state index contributed by atoms with van der Waals surface area (Å²) in [4.78, 5) is 16.5. The van der Waals surface area contributed by atoms with Gasteiger partial charge in [0.15, 0.2) is 0 Å². The Kier molecular flexibility index (Phi) is 6.63. The highest BCUT2D eigenvalue weighted by atomic mass is 16.1. The van der Waals surface area contributed by atoms with Crippen molar-refractivity contribution in [3.63, 3.8) is 0 Å². The van der Waals surface area contributed by atoms with Gasteiger partial charge >= 0.3 is 0 Å². The van der Waals surface area contributed by atoms with Crippen LogP contribution < -0.4 is 10.6 Å². The number of aromatic nitrogens is 2. The molecule has 1 amide bonds. The Bertz CT molecular complexity index is 647. The van der Waals surface area contributed by atoms with Crippen LogP contribution in [0, 0.1) is 5.92 Å². The summed E-state index contributed by atoms with van der Waals surface area (Å²) in [6, 6.07) is 10.4. The van der Waals surface area contributed by atoms with E-state index in [4.69, 9.17) is 0 Å². The number of hydrogen-bond acceptors (Lipinski definition) is 3. The van der Waals surface area contributed by atoms with Crippen molar-refractivity contribution in [1.82, 2.24) is 20.2 Å². The Morgan fingerprint density at radius 3 is 2.84 bits per heavy atom. The second-order valence-corrected chi connectivity index (χ2v) is 6.79. The number of benzene rings is 1. The highest BCUT2D eigenvalue weighted by molar-refractivity contribution is 5.75. The minimum Gasteiger partial charge on any atom is -0.356 e. The van der Waals surface area contributed by atoms with Gasteiger partial charge in [-0.05, 0) is 43.8 Å². The fourth-order valence-corrected chi connectivity index (χ4v) is 3.40. The van der Waals surface area contributed by atoms with Crippen LogP contribution in [-0.2, 0) is 17.8 Å². The first-order chi connectivity index (χ1) is 12.3. The van der Waals surface area contributed by atoms with E-state index < -0.39 is 0 Å². The average molecular weight is 340 g/mol. The minimum absolute atomic E-state index is 0.166. The van der Waals surface area contributed by atoms with Gasteiger partial charge in [-0.2, -0.15) is 0 Å². The van der Waals surface area contributed by atoms with Gasteiger partial charge < -0.3 is 15.2 Å². The van der Waals surface area contributed by atoms with Gasteiger partial charge in [-0.15, -0.1) is 0 Å². The average Bonchev–Trinajstić information content (AvgIpc) is 3.09. The molecule has 2 aromatic rings. The van der Waals surface area contributed by atoms with Gasteiger partial charge in [-0.1, -0.05) is 30.3 Å². The Balaban J connectivity index is 1.38. The van der Waals surface area contributed by atoms with Crippen LogP contribution in [0.2, 0.25) is 0 Å². The summed E-state index contributed by atoms with van der Waals surface area (Å²) in [5.41, 5.74) is 1.26. The molecule has 1 aliphatic heterocycles. The largest absolute Gasteiger partial charge is 0.356 e. The molecular formula is C20H28N4O. The highest BCUT2D eigenvalue weighted by Crippen LogP contribution is 2.17. The number of nitrogens with zero attached hydrogens (tertiary/aromatic N) is 2. The molecule has 2 N–H and O–H groups in total. The Morgan fingerprint density at radius 2 is 2.04 bits per heavy atom. The monoisotopic (exact) mass is 340 g/mol. The van der Waals surface area contributed by atoms with Gasteiger partial charge in [0.25, 0.3) is 0 Å².